The fourth-order valence-corrected chi connectivity index (χ4v) is 3.07. The Labute approximate surface area is 141 Å². The summed E-state index contributed by atoms with van der Waals surface area (Å²) in [6.45, 7) is 6.35. The number of benzene rings is 1. The first kappa shape index (κ1) is 18.4. The van der Waals surface area contributed by atoms with Crippen molar-refractivity contribution in [3.05, 3.63) is 28.2 Å². The minimum absolute atomic E-state index is 0. The van der Waals surface area contributed by atoms with Crippen LogP contribution in [0.5, 0.6) is 0 Å². The predicted molar refractivity (Wildman–Crippen MR) is 93.0 cm³/mol. The number of nitrogens with two attached hydrogens (primary N) is 1. The van der Waals surface area contributed by atoms with E-state index < -0.39 is 0 Å². The maximum absolute atomic E-state index is 12.1. The van der Waals surface area contributed by atoms with Gasteiger partial charge in [0.15, 0.2) is 0 Å². The molecule has 3 N–H and O–H groups in total. The van der Waals surface area contributed by atoms with Gasteiger partial charge in [-0.05, 0) is 56.5 Å². The molecular weight excluding hydrogens is 354 g/mol. The van der Waals surface area contributed by atoms with Crippen molar-refractivity contribution in [2.24, 2.45) is 11.7 Å². The van der Waals surface area contributed by atoms with Gasteiger partial charge in [-0.3, -0.25) is 9.69 Å². The lowest BCUT2D eigenvalue weighted by Crippen LogP contribution is -2.34. The van der Waals surface area contributed by atoms with Crippen molar-refractivity contribution >= 4 is 39.9 Å². The SMILES string of the molecule is Cc1cc(Br)ccc1NC(=O)CN1CCC(C(C)N)C1.Cl. The molecule has 4 nitrogen and oxygen atoms in total. The van der Waals surface area contributed by atoms with Crippen LogP contribution in [0.3, 0.4) is 0 Å². The first-order chi connectivity index (χ1) is 9.45. The van der Waals surface area contributed by atoms with Gasteiger partial charge in [-0.1, -0.05) is 15.9 Å². The Balaban J connectivity index is 0.00000220. The monoisotopic (exact) mass is 375 g/mol. The Morgan fingerprint density at radius 1 is 1.57 bits per heavy atom. The molecule has 0 radical (unpaired) electrons. The standard InChI is InChI=1S/C15H22BrN3O.ClH/c1-10-7-13(16)3-4-14(10)18-15(20)9-19-6-5-12(8-19)11(2)17;/h3-4,7,11-12H,5-6,8-9,17H2,1-2H3,(H,18,20);1H. The smallest absolute Gasteiger partial charge is 0.238 e. The number of likely N-dealkylation sites (tertiary alicyclic amines) is 1. The Hall–Kier alpha value is -0.620. The molecule has 6 heteroatoms. The topological polar surface area (TPSA) is 58.4 Å². The van der Waals surface area contributed by atoms with Crippen molar-refractivity contribution < 1.29 is 4.79 Å². The average Bonchev–Trinajstić information content (AvgIpc) is 2.81. The molecule has 0 aliphatic carbocycles. The molecule has 118 valence electrons. The van der Waals surface area contributed by atoms with Gasteiger partial charge in [-0.15, -0.1) is 12.4 Å². The highest BCUT2D eigenvalue weighted by Gasteiger charge is 2.26. The van der Waals surface area contributed by atoms with E-state index in [0.717, 1.165) is 35.2 Å². The molecule has 1 fully saturated rings. The summed E-state index contributed by atoms with van der Waals surface area (Å²) in [4.78, 5) is 14.3. The third-order valence-corrected chi connectivity index (χ3v) is 4.38. The van der Waals surface area contributed by atoms with E-state index in [1.54, 1.807) is 0 Å². The minimum atomic E-state index is 0. The van der Waals surface area contributed by atoms with Crippen LogP contribution in [0.2, 0.25) is 0 Å². The molecule has 2 atom stereocenters. The second-order valence-electron chi connectivity index (χ2n) is 5.65. The zero-order valence-electron chi connectivity index (χ0n) is 12.4. The lowest BCUT2D eigenvalue weighted by Gasteiger charge is -2.17. The fraction of sp³-hybridized carbons (Fsp3) is 0.533. The molecule has 2 rings (SSSR count). The zero-order chi connectivity index (χ0) is 14.7. The fourth-order valence-electron chi connectivity index (χ4n) is 2.60. The number of hydrogen-bond donors (Lipinski definition) is 2. The van der Waals surface area contributed by atoms with Crippen molar-refractivity contribution in [1.29, 1.82) is 0 Å². The summed E-state index contributed by atoms with van der Waals surface area (Å²) < 4.78 is 1.02. The van der Waals surface area contributed by atoms with E-state index in [9.17, 15) is 4.79 Å². The Morgan fingerprint density at radius 2 is 2.29 bits per heavy atom. The van der Waals surface area contributed by atoms with E-state index in [1.807, 2.05) is 32.0 Å². The van der Waals surface area contributed by atoms with E-state index in [2.05, 4.69) is 26.1 Å². The Bertz CT molecular complexity index is 496. The van der Waals surface area contributed by atoms with Crippen LogP contribution < -0.4 is 11.1 Å². The number of aryl methyl sites for hydroxylation is 1. The summed E-state index contributed by atoms with van der Waals surface area (Å²) in [6.07, 6.45) is 1.09. The number of hydrogen-bond acceptors (Lipinski definition) is 3. The van der Waals surface area contributed by atoms with Gasteiger partial charge in [0.1, 0.15) is 0 Å². The molecule has 0 spiro atoms. The highest BCUT2D eigenvalue weighted by Crippen LogP contribution is 2.21. The van der Waals surface area contributed by atoms with Crippen molar-refractivity contribution in [2.75, 3.05) is 25.0 Å². The normalized spacial score (nSPS) is 19.9. The van der Waals surface area contributed by atoms with Crippen LogP contribution in [0.1, 0.15) is 18.9 Å². The van der Waals surface area contributed by atoms with Gasteiger partial charge in [0.05, 0.1) is 6.54 Å². The summed E-state index contributed by atoms with van der Waals surface area (Å²) in [5.41, 5.74) is 7.85. The first-order valence-corrected chi connectivity index (χ1v) is 7.79. The molecule has 0 aromatic heterocycles. The van der Waals surface area contributed by atoms with Crippen LogP contribution >= 0.6 is 28.3 Å². The predicted octanol–water partition coefficient (Wildman–Crippen LogP) is 2.79. The van der Waals surface area contributed by atoms with E-state index in [4.69, 9.17) is 5.73 Å². The van der Waals surface area contributed by atoms with E-state index in [0.29, 0.717) is 12.5 Å². The molecule has 0 saturated carbocycles. The number of carbonyl (C=O) groups is 1. The number of amides is 1. The van der Waals surface area contributed by atoms with Gasteiger partial charge in [0.25, 0.3) is 0 Å². The second-order valence-corrected chi connectivity index (χ2v) is 6.57. The van der Waals surface area contributed by atoms with Gasteiger partial charge in [-0.25, -0.2) is 0 Å². The summed E-state index contributed by atoms with van der Waals surface area (Å²) in [5, 5.41) is 2.98. The number of nitrogens with zero attached hydrogens (tertiary/aromatic N) is 1. The summed E-state index contributed by atoms with van der Waals surface area (Å²) >= 11 is 3.42. The lowest BCUT2D eigenvalue weighted by molar-refractivity contribution is -0.117. The Morgan fingerprint density at radius 3 is 2.86 bits per heavy atom. The molecule has 1 aliphatic heterocycles. The van der Waals surface area contributed by atoms with Crippen molar-refractivity contribution in [2.45, 2.75) is 26.3 Å². The quantitative estimate of drug-likeness (QED) is 0.849. The molecule has 0 bridgehead atoms. The highest BCUT2D eigenvalue weighted by molar-refractivity contribution is 9.10. The van der Waals surface area contributed by atoms with Crippen LogP contribution in [-0.4, -0.2) is 36.5 Å². The third kappa shape index (κ3) is 5.25. The van der Waals surface area contributed by atoms with Gasteiger partial charge < -0.3 is 11.1 Å². The Kier molecular flexibility index (Phi) is 7.13. The van der Waals surface area contributed by atoms with Crippen LogP contribution in [0, 0.1) is 12.8 Å². The molecule has 1 aliphatic rings. The molecule has 1 aromatic carbocycles. The molecule has 1 heterocycles. The van der Waals surface area contributed by atoms with Crippen molar-refractivity contribution in [3.8, 4) is 0 Å². The molecule has 1 aromatic rings. The minimum Gasteiger partial charge on any atom is -0.328 e. The van der Waals surface area contributed by atoms with Crippen molar-refractivity contribution in [3.63, 3.8) is 0 Å². The largest absolute Gasteiger partial charge is 0.328 e. The van der Waals surface area contributed by atoms with E-state index in [-0.39, 0.29) is 24.4 Å². The third-order valence-electron chi connectivity index (χ3n) is 3.88. The zero-order valence-corrected chi connectivity index (χ0v) is 14.8. The van der Waals surface area contributed by atoms with Gasteiger partial charge >= 0.3 is 0 Å². The number of carbonyl (C=O) groups excluding carboxylic acids is 1. The van der Waals surface area contributed by atoms with E-state index in [1.165, 1.54) is 0 Å². The van der Waals surface area contributed by atoms with Gasteiger partial charge in [0, 0.05) is 22.7 Å². The summed E-state index contributed by atoms with van der Waals surface area (Å²) in [7, 11) is 0. The number of halogens is 2. The van der Waals surface area contributed by atoms with Crippen LogP contribution in [0.15, 0.2) is 22.7 Å². The van der Waals surface area contributed by atoms with Gasteiger partial charge in [-0.2, -0.15) is 0 Å². The molecule has 2 unspecified atom stereocenters. The molecule has 21 heavy (non-hydrogen) atoms. The number of nitrogens with one attached hydrogen (secondary N) is 1. The maximum atomic E-state index is 12.1. The molecular formula is C15H23BrClN3O. The summed E-state index contributed by atoms with van der Waals surface area (Å²) in [6, 6.07) is 6.06. The average molecular weight is 377 g/mol. The summed E-state index contributed by atoms with van der Waals surface area (Å²) in [5.74, 6) is 0.554. The molecule has 1 saturated heterocycles. The molecule has 1 amide bonds. The highest BCUT2D eigenvalue weighted by atomic mass is 79.9. The number of anilines is 1. The number of rotatable bonds is 4. The lowest BCUT2D eigenvalue weighted by atomic mass is 10.0. The van der Waals surface area contributed by atoms with Gasteiger partial charge in [0.2, 0.25) is 5.91 Å². The maximum Gasteiger partial charge on any atom is 0.238 e. The first-order valence-electron chi connectivity index (χ1n) is 6.99. The van der Waals surface area contributed by atoms with E-state index >= 15 is 0 Å². The second kappa shape index (κ2) is 8.13. The van der Waals surface area contributed by atoms with Crippen molar-refractivity contribution in [1.82, 2.24) is 4.90 Å². The van der Waals surface area contributed by atoms with Crippen LogP contribution in [0.25, 0.3) is 0 Å². The van der Waals surface area contributed by atoms with Crippen LogP contribution in [0.4, 0.5) is 5.69 Å². The van der Waals surface area contributed by atoms with Crippen LogP contribution in [-0.2, 0) is 4.79 Å².